The van der Waals surface area contributed by atoms with Gasteiger partial charge >= 0.3 is 12.1 Å². The molecule has 1 aliphatic rings. The summed E-state index contributed by atoms with van der Waals surface area (Å²) >= 11 is 14.7. The molecule has 1 unspecified atom stereocenters. The van der Waals surface area contributed by atoms with Gasteiger partial charge in [-0.1, -0.05) is 36.2 Å². The van der Waals surface area contributed by atoms with Gasteiger partial charge in [0.15, 0.2) is 0 Å². The molecule has 2 N–H and O–H groups in total. The average molecular weight is 679 g/mol. The van der Waals surface area contributed by atoms with Crippen LogP contribution in [0, 0.1) is 0 Å². The first-order valence-electron chi connectivity index (χ1n) is 13.8. The zero-order chi connectivity index (χ0) is 32.2. The number of hydrogen-bond acceptors (Lipinski definition) is 8. The van der Waals surface area contributed by atoms with E-state index in [1.807, 2.05) is 13.0 Å². The molecule has 234 valence electrons. The molecule has 2 aromatic carbocycles. The van der Waals surface area contributed by atoms with Crippen molar-refractivity contribution >= 4 is 80.9 Å². The molecule has 0 saturated heterocycles. The van der Waals surface area contributed by atoms with E-state index < -0.39 is 22.9 Å². The van der Waals surface area contributed by atoms with E-state index in [-0.39, 0.29) is 28.9 Å². The van der Waals surface area contributed by atoms with Crippen molar-refractivity contribution in [2.75, 3.05) is 24.3 Å². The van der Waals surface area contributed by atoms with Crippen LogP contribution in [-0.4, -0.2) is 53.3 Å². The van der Waals surface area contributed by atoms with Crippen molar-refractivity contribution in [3.05, 3.63) is 74.1 Å². The Morgan fingerprint density at radius 3 is 2.50 bits per heavy atom. The second-order valence-corrected chi connectivity index (χ2v) is 14.2. The largest absolute Gasteiger partial charge is 0.465 e. The number of fused-ring (bicyclic) bond motifs is 1. The highest BCUT2D eigenvalue weighted by Crippen LogP contribution is 2.39. The van der Waals surface area contributed by atoms with Crippen molar-refractivity contribution in [3.63, 3.8) is 0 Å². The van der Waals surface area contributed by atoms with Crippen LogP contribution >= 0.6 is 46.3 Å². The van der Waals surface area contributed by atoms with Crippen molar-refractivity contribution in [3.8, 4) is 0 Å². The van der Waals surface area contributed by atoms with E-state index in [0.29, 0.717) is 40.7 Å². The Hall–Kier alpha value is -3.25. The zero-order valence-corrected chi connectivity index (χ0v) is 28.1. The van der Waals surface area contributed by atoms with Crippen LogP contribution in [0.5, 0.6) is 0 Å². The molecule has 13 heteroatoms. The molecule has 0 fully saturated rings. The minimum Gasteiger partial charge on any atom is -0.465 e. The number of hydrogen-bond donors (Lipinski definition) is 2. The lowest BCUT2D eigenvalue weighted by Crippen LogP contribution is -2.39. The number of halogens is 2. The third-order valence-corrected chi connectivity index (χ3v) is 9.58. The lowest BCUT2D eigenvalue weighted by atomic mass is 10.0. The van der Waals surface area contributed by atoms with Crippen molar-refractivity contribution in [1.29, 1.82) is 0 Å². The summed E-state index contributed by atoms with van der Waals surface area (Å²) in [5, 5.41) is 6.32. The summed E-state index contributed by atoms with van der Waals surface area (Å²) in [6.45, 7) is 7.95. The molecule has 44 heavy (non-hydrogen) atoms. The van der Waals surface area contributed by atoms with Crippen molar-refractivity contribution in [2.45, 2.75) is 62.8 Å². The highest BCUT2D eigenvalue weighted by atomic mass is 35.5. The van der Waals surface area contributed by atoms with Gasteiger partial charge in [-0.2, -0.15) is 0 Å². The minimum absolute atomic E-state index is 0.238. The maximum Gasteiger partial charge on any atom is 0.410 e. The Morgan fingerprint density at radius 2 is 1.84 bits per heavy atom. The summed E-state index contributed by atoms with van der Waals surface area (Å²) in [5.41, 5.74) is 1.27. The number of anilines is 2. The minimum atomic E-state index is -0.633. The zero-order valence-electron chi connectivity index (χ0n) is 24.9. The molecule has 0 radical (unpaired) electrons. The van der Waals surface area contributed by atoms with E-state index in [4.69, 9.17) is 32.7 Å². The van der Waals surface area contributed by atoms with Gasteiger partial charge in [0.25, 0.3) is 5.91 Å². The lowest BCUT2D eigenvalue weighted by Gasteiger charge is -2.30. The molecule has 4 rings (SSSR count). The van der Waals surface area contributed by atoms with Crippen LogP contribution in [0.3, 0.4) is 0 Å². The van der Waals surface area contributed by atoms with Crippen molar-refractivity contribution < 1.29 is 28.7 Å². The number of thioether (sulfide) groups is 1. The number of amides is 3. The molecular formula is C31H33Cl2N3O6S2. The molecule has 2 heterocycles. The van der Waals surface area contributed by atoms with Gasteiger partial charge in [-0.05, 0) is 75.6 Å². The second kappa shape index (κ2) is 14.2. The SMILES string of the molecule is CCC(Sc1cccc(NC(=O)c2ccc(Cl)cc2Cl)c1)C(=O)Nc1sc2c(c1C(=O)OC)CCN(C(=O)OC(C)(C)C)C2. The summed E-state index contributed by atoms with van der Waals surface area (Å²) in [6, 6.07) is 11.8. The van der Waals surface area contributed by atoms with Crippen molar-refractivity contribution in [1.82, 2.24) is 4.90 Å². The van der Waals surface area contributed by atoms with E-state index in [9.17, 15) is 19.2 Å². The van der Waals surface area contributed by atoms with Gasteiger partial charge in [0, 0.05) is 27.0 Å². The first-order chi connectivity index (χ1) is 20.8. The van der Waals surface area contributed by atoms with Gasteiger partial charge < -0.3 is 25.0 Å². The highest BCUT2D eigenvalue weighted by Gasteiger charge is 2.33. The van der Waals surface area contributed by atoms with E-state index in [0.717, 1.165) is 15.3 Å². The number of carbonyl (C=O) groups is 4. The Labute approximate surface area is 274 Å². The summed E-state index contributed by atoms with van der Waals surface area (Å²) in [5.74, 6) is -1.22. The highest BCUT2D eigenvalue weighted by molar-refractivity contribution is 8.00. The quantitative estimate of drug-likeness (QED) is 0.184. The number of benzene rings is 2. The van der Waals surface area contributed by atoms with Gasteiger partial charge in [-0.25, -0.2) is 9.59 Å². The molecule has 0 aliphatic carbocycles. The number of methoxy groups -OCH3 is 1. The number of esters is 1. The first-order valence-corrected chi connectivity index (χ1v) is 16.3. The van der Waals surface area contributed by atoms with E-state index in [1.165, 1.54) is 36.3 Å². The van der Waals surface area contributed by atoms with Crippen LogP contribution in [-0.2, 0) is 27.2 Å². The standard InChI is InChI=1S/C31H33Cl2N3O6S2/c1-6-23(43-19-9-7-8-18(15-19)34-26(37)20-11-10-17(32)14-22(20)33)27(38)35-28-25(29(39)41-5)21-12-13-36(16-24(21)44-28)30(40)42-31(2,3)4/h7-11,14-15,23H,6,12-13,16H2,1-5H3,(H,34,37)(H,35,38). The van der Waals surface area contributed by atoms with Crippen LogP contribution in [0.2, 0.25) is 10.0 Å². The predicted molar refractivity (Wildman–Crippen MR) is 175 cm³/mol. The van der Waals surface area contributed by atoms with Crippen LogP contribution in [0.1, 0.15) is 65.3 Å². The van der Waals surface area contributed by atoms with Gasteiger partial charge in [0.2, 0.25) is 5.91 Å². The fourth-order valence-corrected chi connectivity index (χ4v) is 7.25. The Morgan fingerprint density at radius 1 is 1.09 bits per heavy atom. The molecule has 1 aromatic heterocycles. The number of nitrogens with one attached hydrogen (secondary N) is 2. The van der Waals surface area contributed by atoms with E-state index in [2.05, 4.69) is 10.6 Å². The number of carbonyl (C=O) groups excluding carboxylic acids is 4. The van der Waals surface area contributed by atoms with Gasteiger partial charge in [-0.3, -0.25) is 9.59 Å². The molecule has 0 bridgehead atoms. The fourth-order valence-electron chi connectivity index (χ4n) is 4.49. The number of nitrogens with zero attached hydrogens (tertiary/aromatic N) is 1. The maximum atomic E-state index is 13.5. The fraction of sp³-hybridized carbons (Fsp3) is 0.355. The van der Waals surface area contributed by atoms with Gasteiger partial charge in [0.05, 0.1) is 35.1 Å². The summed E-state index contributed by atoms with van der Waals surface area (Å²) in [6.07, 6.45) is 0.495. The molecular weight excluding hydrogens is 645 g/mol. The summed E-state index contributed by atoms with van der Waals surface area (Å²) in [4.78, 5) is 54.9. The normalized spacial score (nSPS) is 13.5. The van der Waals surface area contributed by atoms with Crippen LogP contribution < -0.4 is 10.6 Å². The predicted octanol–water partition coefficient (Wildman–Crippen LogP) is 7.90. The molecule has 0 spiro atoms. The molecule has 3 aromatic rings. The Bertz CT molecular complexity index is 1590. The molecule has 1 aliphatic heterocycles. The second-order valence-electron chi connectivity index (χ2n) is 11.0. The Kier molecular flexibility index (Phi) is 10.9. The van der Waals surface area contributed by atoms with Crippen LogP contribution in [0.4, 0.5) is 15.5 Å². The lowest BCUT2D eigenvalue weighted by molar-refractivity contribution is -0.115. The number of thiophene rings is 1. The van der Waals surface area contributed by atoms with E-state index in [1.54, 1.807) is 56.0 Å². The average Bonchev–Trinajstić information content (AvgIpc) is 3.31. The molecule has 0 saturated carbocycles. The van der Waals surface area contributed by atoms with Crippen LogP contribution in [0.25, 0.3) is 0 Å². The number of ether oxygens (including phenoxy) is 2. The first kappa shape index (κ1) is 33.6. The third-order valence-electron chi connectivity index (χ3n) is 6.54. The van der Waals surface area contributed by atoms with Crippen molar-refractivity contribution in [2.24, 2.45) is 0 Å². The smallest absolute Gasteiger partial charge is 0.410 e. The Balaban J connectivity index is 1.48. The maximum absolute atomic E-state index is 13.5. The monoisotopic (exact) mass is 677 g/mol. The summed E-state index contributed by atoms with van der Waals surface area (Å²) in [7, 11) is 1.30. The molecule has 3 amide bonds. The summed E-state index contributed by atoms with van der Waals surface area (Å²) < 4.78 is 10.6. The molecule has 1 atom stereocenters. The number of rotatable bonds is 8. The van der Waals surface area contributed by atoms with Gasteiger partial charge in [0.1, 0.15) is 10.6 Å². The third kappa shape index (κ3) is 8.26. The topological polar surface area (TPSA) is 114 Å². The van der Waals surface area contributed by atoms with Crippen LogP contribution in [0.15, 0.2) is 47.4 Å². The molecule has 9 nitrogen and oxygen atoms in total. The van der Waals surface area contributed by atoms with Gasteiger partial charge in [-0.15, -0.1) is 23.1 Å². The van der Waals surface area contributed by atoms with E-state index >= 15 is 0 Å².